The molecule has 14 heavy (non-hydrogen) atoms. The second kappa shape index (κ2) is 6.41. The van der Waals surface area contributed by atoms with Gasteiger partial charge < -0.3 is 9.80 Å². The number of unbranched alkanes of at least 4 members (excludes halogenated alkanes) is 1. The Labute approximate surface area is 89.3 Å². The molecule has 0 aromatic heterocycles. The maximum atomic E-state index is 2.63. The summed E-state index contributed by atoms with van der Waals surface area (Å²) in [5.41, 5.74) is 0. The van der Waals surface area contributed by atoms with Gasteiger partial charge in [-0.15, -0.1) is 0 Å². The van der Waals surface area contributed by atoms with Crippen molar-refractivity contribution in [2.75, 3.05) is 33.2 Å². The SMILES string of the molecule is CCCCN1CCC(N(C)CC)CC1. The molecule has 0 amide bonds. The number of hydrogen-bond acceptors (Lipinski definition) is 2. The highest BCUT2D eigenvalue weighted by Crippen LogP contribution is 2.15. The van der Waals surface area contributed by atoms with Gasteiger partial charge in [0, 0.05) is 6.04 Å². The molecule has 0 unspecified atom stereocenters. The topological polar surface area (TPSA) is 6.48 Å². The fourth-order valence-electron chi connectivity index (χ4n) is 2.22. The van der Waals surface area contributed by atoms with Crippen molar-refractivity contribution in [1.82, 2.24) is 9.80 Å². The van der Waals surface area contributed by atoms with E-state index in [0.29, 0.717) is 0 Å². The first-order valence-corrected chi connectivity index (χ1v) is 6.20. The number of hydrogen-bond donors (Lipinski definition) is 0. The summed E-state index contributed by atoms with van der Waals surface area (Å²) < 4.78 is 0. The van der Waals surface area contributed by atoms with Crippen LogP contribution in [0.5, 0.6) is 0 Å². The van der Waals surface area contributed by atoms with E-state index in [0.717, 1.165) is 6.04 Å². The van der Waals surface area contributed by atoms with E-state index in [1.807, 2.05) is 0 Å². The molecular formula is C12H26N2. The molecule has 1 heterocycles. The molecule has 0 aromatic carbocycles. The lowest BCUT2D eigenvalue weighted by Crippen LogP contribution is -2.43. The Morgan fingerprint density at radius 2 is 1.86 bits per heavy atom. The highest BCUT2D eigenvalue weighted by atomic mass is 15.2. The van der Waals surface area contributed by atoms with Crippen molar-refractivity contribution in [3.8, 4) is 0 Å². The van der Waals surface area contributed by atoms with E-state index in [-0.39, 0.29) is 0 Å². The largest absolute Gasteiger partial charge is 0.304 e. The van der Waals surface area contributed by atoms with Gasteiger partial charge in [-0.05, 0) is 52.5 Å². The van der Waals surface area contributed by atoms with E-state index >= 15 is 0 Å². The lowest BCUT2D eigenvalue weighted by Gasteiger charge is -2.36. The average molecular weight is 198 g/mol. The van der Waals surface area contributed by atoms with Gasteiger partial charge in [0.2, 0.25) is 0 Å². The number of rotatable bonds is 5. The van der Waals surface area contributed by atoms with Gasteiger partial charge in [0.1, 0.15) is 0 Å². The van der Waals surface area contributed by atoms with Crippen molar-refractivity contribution in [3.63, 3.8) is 0 Å². The molecule has 0 radical (unpaired) electrons. The molecule has 1 fully saturated rings. The van der Waals surface area contributed by atoms with Crippen molar-refractivity contribution in [2.24, 2.45) is 0 Å². The Morgan fingerprint density at radius 1 is 1.21 bits per heavy atom. The van der Waals surface area contributed by atoms with Crippen LogP contribution in [-0.4, -0.2) is 49.1 Å². The van der Waals surface area contributed by atoms with Crippen LogP contribution in [0, 0.1) is 0 Å². The molecule has 0 aromatic rings. The van der Waals surface area contributed by atoms with Gasteiger partial charge in [-0.2, -0.15) is 0 Å². The zero-order valence-corrected chi connectivity index (χ0v) is 10.1. The Hall–Kier alpha value is -0.0800. The maximum Gasteiger partial charge on any atom is 0.0116 e. The summed E-state index contributed by atoms with van der Waals surface area (Å²) in [6, 6.07) is 0.845. The summed E-state index contributed by atoms with van der Waals surface area (Å²) >= 11 is 0. The summed E-state index contributed by atoms with van der Waals surface area (Å²) in [6.07, 6.45) is 5.44. The lowest BCUT2D eigenvalue weighted by molar-refractivity contribution is 0.131. The quantitative estimate of drug-likeness (QED) is 0.668. The predicted octanol–water partition coefficient (Wildman–Crippen LogP) is 2.20. The van der Waals surface area contributed by atoms with Crippen molar-refractivity contribution in [2.45, 2.75) is 45.6 Å². The summed E-state index contributed by atoms with van der Waals surface area (Å²) in [7, 11) is 2.26. The van der Waals surface area contributed by atoms with E-state index in [4.69, 9.17) is 0 Å². The third-order valence-corrected chi connectivity index (χ3v) is 3.51. The van der Waals surface area contributed by atoms with Crippen LogP contribution in [0.1, 0.15) is 39.5 Å². The first kappa shape index (κ1) is 12.0. The van der Waals surface area contributed by atoms with Crippen LogP contribution in [0.3, 0.4) is 0 Å². The summed E-state index contributed by atoms with van der Waals surface area (Å²) in [6.45, 7) is 9.67. The number of piperidine rings is 1. The Balaban J connectivity index is 2.17. The first-order valence-electron chi connectivity index (χ1n) is 6.20. The number of likely N-dealkylation sites (tertiary alicyclic amines) is 1. The van der Waals surface area contributed by atoms with Crippen LogP contribution < -0.4 is 0 Å². The van der Waals surface area contributed by atoms with Crippen LogP contribution in [-0.2, 0) is 0 Å². The minimum absolute atomic E-state index is 0.845. The Bertz CT molecular complexity index is 139. The van der Waals surface area contributed by atoms with Gasteiger partial charge in [-0.3, -0.25) is 0 Å². The minimum atomic E-state index is 0.845. The maximum absolute atomic E-state index is 2.63. The molecule has 84 valence electrons. The Kier molecular flexibility index (Phi) is 5.49. The van der Waals surface area contributed by atoms with Gasteiger partial charge in [-0.1, -0.05) is 20.3 Å². The average Bonchev–Trinajstić information content (AvgIpc) is 2.26. The molecule has 0 atom stereocenters. The minimum Gasteiger partial charge on any atom is -0.304 e. The molecule has 1 saturated heterocycles. The van der Waals surface area contributed by atoms with Gasteiger partial charge >= 0.3 is 0 Å². The van der Waals surface area contributed by atoms with E-state index < -0.39 is 0 Å². The molecule has 0 bridgehead atoms. The normalized spacial score (nSPS) is 20.6. The van der Waals surface area contributed by atoms with Crippen molar-refractivity contribution in [3.05, 3.63) is 0 Å². The van der Waals surface area contributed by atoms with E-state index in [2.05, 4.69) is 30.7 Å². The lowest BCUT2D eigenvalue weighted by atomic mass is 10.0. The molecular weight excluding hydrogens is 172 g/mol. The number of nitrogens with zero attached hydrogens (tertiary/aromatic N) is 2. The third kappa shape index (κ3) is 3.58. The smallest absolute Gasteiger partial charge is 0.0116 e. The fourth-order valence-corrected chi connectivity index (χ4v) is 2.22. The van der Waals surface area contributed by atoms with Crippen molar-refractivity contribution in [1.29, 1.82) is 0 Å². The summed E-state index contributed by atoms with van der Waals surface area (Å²) in [5.74, 6) is 0. The van der Waals surface area contributed by atoms with Gasteiger partial charge in [-0.25, -0.2) is 0 Å². The van der Waals surface area contributed by atoms with Crippen LogP contribution in [0.25, 0.3) is 0 Å². The summed E-state index contributed by atoms with van der Waals surface area (Å²) in [4.78, 5) is 5.13. The molecule has 1 aliphatic rings. The third-order valence-electron chi connectivity index (χ3n) is 3.51. The molecule has 1 aliphatic heterocycles. The highest BCUT2D eigenvalue weighted by molar-refractivity contribution is 4.77. The van der Waals surface area contributed by atoms with Gasteiger partial charge in [0.15, 0.2) is 0 Å². The van der Waals surface area contributed by atoms with Crippen LogP contribution in [0.15, 0.2) is 0 Å². The Morgan fingerprint density at radius 3 is 2.36 bits per heavy atom. The van der Waals surface area contributed by atoms with Crippen LogP contribution in [0.2, 0.25) is 0 Å². The molecule has 2 nitrogen and oxygen atoms in total. The van der Waals surface area contributed by atoms with E-state index in [1.165, 1.54) is 51.9 Å². The van der Waals surface area contributed by atoms with Gasteiger partial charge in [0.25, 0.3) is 0 Å². The van der Waals surface area contributed by atoms with Crippen molar-refractivity contribution >= 4 is 0 Å². The van der Waals surface area contributed by atoms with Crippen molar-refractivity contribution < 1.29 is 0 Å². The zero-order valence-electron chi connectivity index (χ0n) is 10.1. The van der Waals surface area contributed by atoms with Crippen LogP contribution in [0.4, 0.5) is 0 Å². The van der Waals surface area contributed by atoms with Gasteiger partial charge in [0.05, 0.1) is 0 Å². The molecule has 0 spiro atoms. The molecule has 0 N–H and O–H groups in total. The zero-order chi connectivity index (χ0) is 10.4. The van der Waals surface area contributed by atoms with E-state index in [1.54, 1.807) is 0 Å². The standard InChI is InChI=1S/C12H26N2/c1-4-6-9-14-10-7-12(8-11-14)13(3)5-2/h12H,4-11H2,1-3H3. The first-order chi connectivity index (χ1) is 6.77. The second-order valence-electron chi connectivity index (χ2n) is 4.50. The van der Waals surface area contributed by atoms with E-state index in [9.17, 15) is 0 Å². The fraction of sp³-hybridized carbons (Fsp3) is 1.00. The second-order valence-corrected chi connectivity index (χ2v) is 4.50. The molecule has 0 saturated carbocycles. The highest BCUT2D eigenvalue weighted by Gasteiger charge is 2.20. The van der Waals surface area contributed by atoms with Crippen LogP contribution >= 0.6 is 0 Å². The predicted molar refractivity (Wildman–Crippen MR) is 62.7 cm³/mol. The summed E-state index contributed by atoms with van der Waals surface area (Å²) in [5, 5.41) is 0. The molecule has 1 rings (SSSR count). The molecule has 0 aliphatic carbocycles. The monoisotopic (exact) mass is 198 g/mol. The molecule has 2 heteroatoms.